The van der Waals surface area contributed by atoms with E-state index in [9.17, 15) is 14.4 Å². The normalized spacial score (nSPS) is 27.0. The van der Waals surface area contributed by atoms with E-state index in [1.165, 1.54) is 0 Å². The van der Waals surface area contributed by atoms with Gasteiger partial charge >= 0.3 is 17.9 Å². The first kappa shape index (κ1) is 23.4. The Morgan fingerprint density at radius 2 is 1.24 bits per heavy atom. The summed E-state index contributed by atoms with van der Waals surface area (Å²) in [7, 11) is 0. The molecule has 0 aliphatic heterocycles. The number of carbonyl (C=O) groups excluding carboxylic acids is 2. The molecule has 0 radical (unpaired) electrons. The van der Waals surface area contributed by atoms with Crippen molar-refractivity contribution >= 4 is 17.9 Å². The monoisotopic (exact) mass is 408 g/mol. The summed E-state index contributed by atoms with van der Waals surface area (Å²) in [6.07, 6.45) is 12.3. The third kappa shape index (κ3) is 8.19. The van der Waals surface area contributed by atoms with Gasteiger partial charge in [-0.15, -0.1) is 0 Å². The lowest BCUT2D eigenvalue weighted by atomic mass is 9.69. The van der Waals surface area contributed by atoms with Gasteiger partial charge in [-0.2, -0.15) is 0 Å². The molecule has 2 rings (SSSR count). The minimum absolute atomic E-state index is 0.0277. The molecule has 2 saturated carbocycles. The Kier molecular flexibility index (Phi) is 10.2. The second kappa shape index (κ2) is 12.7. The molecule has 0 amide bonds. The fourth-order valence-corrected chi connectivity index (χ4v) is 4.74. The Bertz CT molecular complexity index is 542. The highest BCUT2D eigenvalue weighted by Gasteiger charge is 2.34. The zero-order valence-electron chi connectivity index (χ0n) is 17.5. The number of rotatable bonds is 11. The van der Waals surface area contributed by atoms with Crippen molar-refractivity contribution in [3.05, 3.63) is 12.7 Å². The molecule has 0 atom stereocenters. The van der Waals surface area contributed by atoms with Gasteiger partial charge < -0.3 is 14.6 Å². The van der Waals surface area contributed by atoms with E-state index >= 15 is 0 Å². The van der Waals surface area contributed by atoms with Crippen LogP contribution < -0.4 is 0 Å². The number of carboxylic acids is 1. The predicted molar refractivity (Wildman–Crippen MR) is 109 cm³/mol. The van der Waals surface area contributed by atoms with E-state index in [1.807, 2.05) is 0 Å². The van der Waals surface area contributed by atoms with E-state index in [2.05, 4.69) is 6.58 Å². The highest BCUT2D eigenvalue weighted by molar-refractivity contribution is 5.81. The molecular weight excluding hydrogens is 372 g/mol. The van der Waals surface area contributed by atoms with E-state index < -0.39 is 5.97 Å². The molecule has 2 aliphatic rings. The molecule has 1 N–H and O–H groups in total. The Hall–Kier alpha value is -1.85. The SMILES string of the molecule is C=CC(=O)OCCCCCCOC(=O)C1CCC(C2CCC(C(=O)O)CC2)CC1. The van der Waals surface area contributed by atoms with Crippen molar-refractivity contribution < 1.29 is 29.0 Å². The van der Waals surface area contributed by atoms with Crippen LogP contribution in [-0.4, -0.2) is 36.2 Å². The van der Waals surface area contributed by atoms with Crippen LogP contribution in [0.15, 0.2) is 12.7 Å². The van der Waals surface area contributed by atoms with Crippen molar-refractivity contribution in [2.45, 2.75) is 77.0 Å². The van der Waals surface area contributed by atoms with Crippen LogP contribution in [0.3, 0.4) is 0 Å². The number of hydrogen-bond acceptors (Lipinski definition) is 5. The molecule has 29 heavy (non-hydrogen) atoms. The zero-order valence-corrected chi connectivity index (χ0v) is 17.5. The van der Waals surface area contributed by atoms with Gasteiger partial charge in [-0.1, -0.05) is 6.58 Å². The number of ether oxygens (including phenoxy) is 2. The first-order valence-corrected chi connectivity index (χ1v) is 11.2. The van der Waals surface area contributed by atoms with Gasteiger partial charge in [0.15, 0.2) is 0 Å². The molecule has 2 aliphatic carbocycles. The van der Waals surface area contributed by atoms with E-state index in [-0.39, 0.29) is 23.8 Å². The van der Waals surface area contributed by atoms with Crippen molar-refractivity contribution in [2.75, 3.05) is 13.2 Å². The average molecular weight is 409 g/mol. The van der Waals surface area contributed by atoms with Gasteiger partial charge in [0.2, 0.25) is 0 Å². The summed E-state index contributed by atoms with van der Waals surface area (Å²) in [6.45, 7) is 4.22. The molecule has 0 saturated heterocycles. The molecular formula is C23H36O6. The van der Waals surface area contributed by atoms with Crippen molar-refractivity contribution in [1.82, 2.24) is 0 Å². The number of hydrogen-bond donors (Lipinski definition) is 1. The maximum Gasteiger partial charge on any atom is 0.330 e. The molecule has 0 spiro atoms. The Balaban J connectivity index is 1.51. The standard InChI is InChI=1S/C23H36O6/c1-2-21(24)28-15-5-3-4-6-16-29-23(27)20-13-9-18(10-14-20)17-7-11-19(12-8-17)22(25)26/h2,17-20H,1,3-16H2,(H,25,26). The molecule has 0 aromatic heterocycles. The first-order valence-electron chi connectivity index (χ1n) is 11.2. The fraction of sp³-hybridized carbons (Fsp3) is 0.783. The summed E-state index contributed by atoms with van der Waals surface area (Å²) in [5.41, 5.74) is 0. The van der Waals surface area contributed by atoms with E-state index in [4.69, 9.17) is 14.6 Å². The van der Waals surface area contributed by atoms with Gasteiger partial charge in [0.1, 0.15) is 0 Å². The largest absolute Gasteiger partial charge is 0.481 e. The molecule has 0 bridgehead atoms. The summed E-state index contributed by atoms with van der Waals surface area (Å²) in [4.78, 5) is 34.3. The molecule has 0 aromatic rings. The third-order valence-electron chi connectivity index (χ3n) is 6.59. The highest BCUT2D eigenvalue weighted by Crippen LogP contribution is 2.41. The van der Waals surface area contributed by atoms with Crippen LogP contribution in [0.1, 0.15) is 77.0 Å². The summed E-state index contributed by atoms with van der Waals surface area (Å²) in [5.74, 6) is 0.0579. The summed E-state index contributed by atoms with van der Waals surface area (Å²) in [5, 5.41) is 9.13. The lowest BCUT2D eigenvalue weighted by Gasteiger charge is -2.36. The summed E-state index contributed by atoms with van der Waals surface area (Å²) in [6, 6.07) is 0. The smallest absolute Gasteiger partial charge is 0.330 e. The quantitative estimate of drug-likeness (QED) is 0.307. The molecule has 164 valence electrons. The van der Waals surface area contributed by atoms with Crippen LogP contribution in [0.4, 0.5) is 0 Å². The highest BCUT2D eigenvalue weighted by atomic mass is 16.5. The summed E-state index contributed by atoms with van der Waals surface area (Å²) >= 11 is 0. The fourth-order valence-electron chi connectivity index (χ4n) is 4.74. The maximum atomic E-state index is 12.3. The van der Waals surface area contributed by atoms with Crippen LogP contribution in [0.5, 0.6) is 0 Å². The molecule has 6 heteroatoms. The molecule has 0 heterocycles. The topological polar surface area (TPSA) is 89.9 Å². The average Bonchev–Trinajstić information content (AvgIpc) is 2.75. The minimum atomic E-state index is -0.647. The van der Waals surface area contributed by atoms with Gasteiger partial charge in [-0.25, -0.2) is 4.79 Å². The van der Waals surface area contributed by atoms with Crippen LogP contribution in [0, 0.1) is 23.7 Å². The van der Waals surface area contributed by atoms with E-state index in [0.29, 0.717) is 25.0 Å². The van der Waals surface area contributed by atoms with Gasteiger partial charge in [0, 0.05) is 6.08 Å². The second-order valence-corrected chi connectivity index (χ2v) is 8.51. The maximum absolute atomic E-state index is 12.3. The van der Waals surface area contributed by atoms with Gasteiger partial charge in [-0.05, 0) is 88.9 Å². The number of esters is 2. The second-order valence-electron chi connectivity index (χ2n) is 8.51. The van der Waals surface area contributed by atoms with E-state index in [0.717, 1.165) is 83.1 Å². The van der Waals surface area contributed by atoms with Crippen molar-refractivity contribution in [3.8, 4) is 0 Å². The van der Waals surface area contributed by atoms with Crippen molar-refractivity contribution in [1.29, 1.82) is 0 Å². The lowest BCUT2D eigenvalue weighted by molar-refractivity contribution is -0.150. The van der Waals surface area contributed by atoms with Crippen molar-refractivity contribution in [3.63, 3.8) is 0 Å². The van der Waals surface area contributed by atoms with Crippen LogP contribution >= 0.6 is 0 Å². The van der Waals surface area contributed by atoms with Gasteiger partial charge in [0.05, 0.1) is 25.0 Å². The van der Waals surface area contributed by atoms with Crippen LogP contribution in [-0.2, 0) is 23.9 Å². The minimum Gasteiger partial charge on any atom is -0.481 e. The lowest BCUT2D eigenvalue weighted by Crippen LogP contribution is -2.30. The van der Waals surface area contributed by atoms with E-state index in [1.54, 1.807) is 0 Å². The molecule has 6 nitrogen and oxygen atoms in total. The number of aliphatic carboxylic acids is 1. The molecule has 2 fully saturated rings. The van der Waals surface area contributed by atoms with Crippen LogP contribution in [0.2, 0.25) is 0 Å². The molecule has 0 unspecified atom stereocenters. The molecule has 0 aromatic carbocycles. The number of carbonyl (C=O) groups is 3. The van der Waals surface area contributed by atoms with Crippen molar-refractivity contribution in [2.24, 2.45) is 23.7 Å². The predicted octanol–water partition coefficient (Wildman–Crippen LogP) is 4.52. The van der Waals surface area contributed by atoms with Gasteiger partial charge in [0.25, 0.3) is 0 Å². The third-order valence-corrected chi connectivity index (χ3v) is 6.59. The Labute approximate surface area is 174 Å². The Morgan fingerprint density at radius 3 is 1.72 bits per heavy atom. The number of unbranched alkanes of at least 4 members (excludes halogenated alkanes) is 3. The Morgan fingerprint density at radius 1 is 0.759 bits per heavy atom. The first-order chi connectivity index (χ1) is 14.0. The summed E-state index contributed by atoms with van der Waals surface area (Å²) < 4.78 is 10.4. The number of carboxylic acid groups (broad SMARTS) is 1. The zero-order chi connectivity index (χ0) is 21.1. The van der Waals surface area contributed by atoms with Gasteiger partial charge in [-0.3, -0.25) is 9.59 Å². The van der Waals surface area contributed by atoms with Crippen LogP contribution in [0.25, 0.3) is 0 Å².